The first-order valence-corrected chi connectivity index (χ1v) is 11.2. The smallest absolute Gasteiger partial charge is 0.195 e. The average molecular weight is 441 g/mol. The Kier molecular flexibility index (Phi) is 6.18. The number of nitrogens with zero attached hydrogens (tertiary/aromatic N) is 2. The van der Waals surface area contributed by atoms with E-state index in [-0.39, 0.29) is 5.78 Å². The van der Waals surface area contributed by atoms with Crippen LogP contribution in [0.15, 0.2) is 90.0 Å². The van der Waals surface area contributed by atoms with Crippen LogP contribution in [0.2, 0.25) is 5.02 Å². The molecule has 1 heterocycles. The lowest BCUT2D eigenvalue weighted by atomic mass is 9.88. The first-order valence-electron chi connectivity index (χ1n) is 9.58. The number of carbonyl (C=O) groups is 1. The minimum absolute atomic E-state index is 0.203. The quantitative estimate of drug-likeness (QED) is 0.250. The lowest BCUT2D eigenvalue weighted by molar-refractivity contribution is 0.103. The van der Waals surface area contributed by atoms with Crippen molar-refractivity contribution in [3.63, 3.8) is 0 Å². The van der Waals surface area contributed by atoms with Gasteiger partial charge in [0.05, 0.1) is 16.8 Å². The molecule has 3 nitrogen and oxygen atoms in total. The summed E-state index contributed by atoms with van der Waals surface area (Å²) in [5.74, 6) is -0.203. The molecule has 3 aromatic carbocycles. The minimum Gasteiger partial charge on any atom is -0.289 e. The summed E-state index contributed by atoms with van der Waals surface area (Å²) in [6.07, 6.45) is 1.87. The normalized spacial score (nSPS) is 10.5. The number of aromatic nitrogens is 1. The van der Waals surface area contributed by atoms with E-state index in [9.17, 15) is 10.1 Å². The van der Waals surface area contributed by atoms with Crippen molar-refractivity contribution in [2.24, 2.45) is 0 Å². The number of halogens is 1. The number of hydrogen-bond donors (Lipinski definition) is 0. The van der Waals surface area contributed by atoms with Gasteiger partial charge >= 0.3 is 0 Å². The summed E-state index contributed by atoms with van der Waals surface area (Å²) >= 11 is 7.93. The van der Waals surface area contributed by atoms with E-state index in [0.717, 1.165) is 5.56 Å². The zero-order valence-electron chi connectivity index (χ0n) is 16.7. The number of thioether (sulfide) groups is 1. The largest absolute Gasteiger partial charge is 0.289 e. The number of ketones is 1. The van der Waals surface area contributed by atoms with Gasteiger partial charge in [0.2, 0.25) is 0 Å². The third-order valence-corrected chi connectivity index (χ3v) is 5.93. The third-order valence-electron chi connectivity index (χ3n) is 4.92. The van der Waals surface area contributed by atoms with Crippen LogP contribution < -0.4 is 0 Å². The molecule has 31 heavy (non-hydrogen) atoms. The van der Waals surface area contributed by atoms with Crippen molar-refractivity contribution in [1.29, 1.82) is 5.26 Å². The number of carbonyl (C=O) groups excluding carboxylic acids is 1. The molecule has 0 amide bonds. The summed E-state index contributed by atoms with van der Waals surface area (Å²) in [5, 5.41) is 11.1. The molecule has 0 radical (unpaired) electrons. The lowest BCUT2D eigenvalue weighted by Gasteiger charge is -2.18. The second-order valence-electron chi connectivity index (χ2n) is 6.75. The predicted octanol–water partition coefficient (Wildman–Crippen LogP) is 6.89. The molecule has 0 aliphatic carbocycles. The zero-order valence-corrected chi connectivity index (χ0v) is 18.2. The van der Waals surface area contributed by atoms with E-state index in [1.165, 1.54) is 11.8 Å². The van der Waals surface area contributed by atoms with Crippen LogP contribution in [-0.4, -0.2) is 17.0 Å². The van der Waals surface area contributed by atoms with Crippen molar-refractivity contribution in [3.05, 3.63) is 107 Å². The summed E-state index contributed by atoms with van der Waals surface area (Å²) in [4.78, 5) is 18.6. The maximum Gasteiger partial charge on any atom is 0.195 e. The summed E-state index contributed by atoms with van der Waals surface area (Å²) < 4.78 is 0. The molecule has 0 aliphatic heterocycles. The van der Waals surface area contributed by atoms with E-state index in [4.69, 9.17) is 16.6 Å². The van der Waals surface area contributed by atoms with Crippen LogP contribution in [0.1, 0.15) is 21.5 Å². The molecule has 1 aromatic heterocycles. The van der Waals surface area contributed by atoms with Crippen LogP contribution in [0.5, 0.6) is 0 Å². The van der Waals surface area contributed by atoms with Gasteiger partial charge in [-0.2, -0.15) is 5.26 Å². The summed E-state index contributed by atoms with van der Waals surface area (Å²) in [6.45, 7) is 0. The van der Waals surface area contributed by atoms with Crippen LogP contribution in [0.25, 0.3) is 22.4 Å². The first kappa shape index (κ1) is 20.9. The van der Waals surface area contributed by atoms with E-state index >= 15 is 0 Å². The fourth-order valence-electron chi connectivity index (χ4n) is 3.51. The Balaban J connectivity index is 2.17. The molecule has 0 saturated carbocycles. The minimum atomic E-state index is -0.203. The molecule has 0 fully saturated rings. The molecule has 4 aromatic rings. The van der Waals surface area contributed by atoms with Gasteiger partial charge in [-0.25, -0.2) is 4.98 Å². The van der Waals surface area contributed by atoms with Crippen molar-refractivity contribution in [1.82, 2.24) is 4.98 Å². The fourth-order valence-corrected chi connectivity index (χ4v) is 4.27. The Labute approximate surface area is 190 Å². The molecule has 150 valence electrons. The number of hydrogen-bond acceptors (Lipinski definition) is 4. The van der Waals surface area contributed by atoms with Gasteiger partial charge in [-0.3, -0.25) is 4.79 Å². The Morgan fingerprint density at radius 3 is 2.16 bits per heavy atom. The predicted molar refractivity (Wildman–Crippen MR) is 126 cm³/mol. The van der Waals surface area contributed by atoms with E-state index < -0.39 is 0 Å². The van der Waals surface area contributed by atoms with Crippen LogP contribution in [0.4, 0.5) is 0 Å². The molecule has 0 aliphatic rings. The molecular formula is C26H17ClN2OS. The highest BCUT2D eigenvalue weighted by atomic mass is 35.5. The SMILES string of the molecule is CSc1nc(-c2ccccc2)c(C(=O)c2ccccc2)c(-c2ccccc2Cl)c1C#N. The van der Waals surface area contributed by atoms with Crippen LogP contribution in [0, 0.1) is 11.3 Å². The molecular weight excluding hydrogens is 424 g/mol. The van der Waals surface area contributed by atoms with Crippen molar-refractivity contribution in [3.8, 4) is 28.5 Å². The number of benzene rings is 3. The Morgan fingerprint density at radius 1 is 0.935 bits per heavy atom. The highest BCUT2D eigenvalue weighted by Gasteiger charge is 2.27. The van der Waals surface area contributed by atoms with E-state index in [2.05, 4.69) is 6.07 Å². The second kappa shape index (κ2) is 9.18. The zero-order chi connectivity index (χ0) is 21.8. The average Bonchev–Trinajstić information content (AvgIpc) is 2.83. The summed E-state index contributed by atoms with van der Waals surface area (Å²) in [5.41, 5.74) is 3.73. The molecule has 0 spiro atoms. The van der Waals surface area contributed by atoms with Crippen molar-refractivity contribution >= 4 is 29.1 Å². The van der Waals surface area contributed by atoms with Gasteiger partial charge in [0, 0.05) is 27.3 Å². The van der Waals surface area contributed by atoms with Gasteiger partial charge in [0.1, 0.15) is 11.1 Å². The number of pyridine rings is 1. The van der Waals surface area contributed by atoms with E-state index in [0.29, 0.717) is 43.6 Å². The molecule has 4 rings (SSSR count). The number of rotatable bonds is 5. The molecule has 0 unspecified atom stereocenters. The van der Waals surface area contributed by atoms with Crippen molar-refractivity contribution in [2.75, 3.05) is 6.26 Å². The van der Waals surface area contributed by atoms with E-state index in [1.807, 2.05) is 73.0 Å². The van der Waals surface area contributed by atoms with Crippen LogP contribution in [-0.2, 0) is 0 Å². The highest BCUT2D eigenvalue weighted by molar-refractivity contribution is 7.98. The Hall–Kier alpha value is -3.39. The van der Waals surface area contributed by atoms with Crippen LogP contribution >= 0.6 is 23.4 Å². The van der Waals surface area contributed by atoms with Gasteiger partial charge in [-0.05, 0) is 12.3 Å². The third kappa shape index (κ3) is 3.98. The standard InChI is InChI=1S/C26H17ClN2OS/c1-31-26-20(16-28)22(19-14-8-9-15-21(19)27)23(25(30)18-12-6-3-7-13-18)24(29-26)17-10-4-2-5-11-17/h2-15H,1H3. The Bertz CT molecular complexity index is 1300. The Morgan fingerprint density at radius 2 is 1.55 bits per heavy atom. The molecule has 0 bridgehead atoms. The number of nitriles is 1. The lowest BCUT2D eigenvalue weighted by Crippen LogP contribution is -2.11. The van der Waals surface area contributed by atoms with E-state index in [1.54, 1.807) is 18.2 Å². The van der Waals surface area contributed by atoms with Gasteiger partial charge in [-0.1, -0.05) is 90.5 Å². The van der Waals surface area contributed by atoms with Crippen LogP contribution in [0.3, 0.4) is 0 Å². The monoisotopic (exact) mass is 440 g/mol. The molecule has 0 N–H and O–H groups in total. The van der Waals surface area contributed by atoms with Gasteiger partial charge < -0.3 is 0 Å². The fraction of sp³-hybridized carbons (Fsp3) is 0.0385. The second-order valence-corrected chi connectivity index (χ2v) is 7.95. The molecule has 5 heteroatoms. The first-order chi connectivity index (χ1) is 15.2. The van der Waals surface area contributed by atoms with Crippen molar-refractivity contribution < 1.29 is 4.79 Å². The van der Waals surface area contributed by atoms with Gasteiger partial charge in [0.25, 0.3) is 0 Å². The van der Waals surface area contributed by atoms with Gasteiger partial charge in [0.15, 0.2) is 5.78 Å². The van der Waals surface area contributed by atoms with Crippen molar-refractivity contribution in [2.45, 2.75) is 5.03 Å². The molecule has 0 saturated heterocycles. The van der Waals surface area contributed by atoms with Gasteiger partial charge in [-0.15, -0.1) is 11.8 Å². The highest BCUT2D eigenvalue weighted by Crippen LogP contribution is 2.41. The molecule has 0 atom stereocenters. The summed E-state index contributed by atoms with van der Waals surface area (Å²) in [6, 6.07) is 28.1. The topological polar surface area (TPSA) is 53.8 Å². The summed E-state index contributed by atoms with van der Waals surface area (Å²) in [7, 11) is 0. The maximum atomic E-state index is 13.8. The maximum absolute atomic E-state index is 13.8.